The second kappa shape index (κ2) is 5.49. The summed E-state index contributed by atoms with van der Waals surface area (Å²) >= 11 is 0. The molecule has 2 aliphatic heterocycles. The molecule has 0 fully saturated rings. The lowest BCUT2D eigenvalue weighted by Gasteiger charge is -2.02. The van der Waals surface area contributed by atoms with Crippen LogP contribution < -0.4 is 10.7 Å². The van der Waals surface area contributed by atoms with Crippen molar-refractivity contribution in [1.82, 2.24) is 0 Å². The summed E-state index contributed by atoms with van der Waals surface area (Å²) in [5.41, 5.74) is 9.56. The molecule has 4 aromatic rings. The van der Waals surface area contributed by atoms with E-state index in [-0.39, 0.29) is 0 Å². The van der Waals surface area contributed by atoms with Gasteiger partial charge in [0.05, 0.1) is 22.1 Å². The van der Waals surface area contributed by atoms with Crippen LogP contribution in [0.4, 0.5) is 11.4 Å². The van der Waals surface area contributed by atoms with Gasteiger partial charge in [-0.25, -0.2) is 9.98 Å². The minimum absolute atomic E-state index is 1.06. The number of fused-ring (bicyclic) bond motifs is 6. The number of hydrogen-bond donors (Lipinski definition) is 0. The van der Waals surface area contributed by atoms with Crippen LogP contribution >= 0.6 is 0 Å². The van der Waals surface area contributed by atoms with Gasteiger partial charge in [-0.15, -0.1) is 0 Å². The molecule has 0 spiro atoms. The molecule has 132 valence electrons. The van der Waals surface area contributed by atoms with Crippen LogP contribution in [-0.4, -0.2) is 0 Å². The molecule has 0 saturated carbocycles. The van der Waals surface area contributed by atoms with Gasteiger partial charge in [-0.3, -0.25) is 0 Å². The topological polar surface area (TPSA) is 24.7 Å². The van der Waals surface area contributed by atoms with Crippen molar-refractivity contribution in [2.24, 2.45) is 9.98 Å². The van der Waals surface area contributed by atoms with E-state index in [1.807, 2.05) is 0 Å². The van der Waals surface area contributed by atoms with Crippen LogP contribution in [0.1, 0.15) is 11.1 Å². The van der Waals surface area contributed by atoms with Crippen molar-refractivity contribution < 1.29 is 0 Å². The van der Waals surface area contributed by atoms with Crippen molar-refractivity contribution in [3.8, 4) is 22.3 Å². The Labute approximate surface area is 162 Å². The van der Waals surface area contributed by atoms with Gasteiger partial charge < -0.3 is 0 Å². The summed E-state index contributed by atoms with van der Waals surface area (Å²) in [6.07, 6.45) is 0. The summed E-state index contributed by atoms with van der Waals surface area (Å²) in [6.45, 7) is 4.26. The molecule has 6 rings (SSSR count). The molecular formula is C26H18N2. The average molecular weight is 358 g/mol. The molecule has 0 bridgehead atoms. The molecule has 28 heavy (non-hydrogen) atoms. The van der Waals surface area contributed by atoms with Crippen LogP contribution in [0.2, 0.25) is 0 Å². The summed E-state index contributed by atoms with van der Waals surface area (Å²) in [7, 11) is 0. The second-order valence-corrected chi connectivity index (χ2v) is 7.73. The Balaban J connectivity index is 1.62. The van der Waals surface area contributed by atoms with E-state index in [1.165, 1.54) is 43.8 Å². The summed E-state index contributed by atoms with van der Waals surface area (Å²) < 4.78 is 0. The number of aryl methyl sites for hydroxylation is 2. The lowest BCUT2D eigenvalue weighted by Crippen LogP contribution is -2.01. The SMILES string of the molecule is Cc1ccc2c(c1)-c1c/c(=c3\ccc4c(c3)-c3cc(C)ccc3N=4)ccc1=N2. The highest BCUT2D eigenvalue weighted by molar-refractivity contribution is 5.81. The maximum Gasteiger partial charge on any atom is 0.0716 e. The van der Waals surface area contributed by atoms with Crippen molar-refractivity contribution in [3.63, 3.8) is 0 Å². The quantitative estimate of drug-likeness (QED) is 0.345. The highest BCUT2D eigenvalue weighted by atomic mass is 14.8. The first-order valence-corrected chi connectivity index (χ1v) is 9.60. The van der Waals surface area contributed by atoms with Crippen LogP contribution in [0.15, 0.2) is 82.8 Å². The van der Waals surface area contributed by atoms with E-state index in [1.54, 1.807) is 0 Å². The number of rotatable bonds is 0. The molecule has 0 saturated heterocycles. The lowest BCUT2D eigenvalue weighted by molar-refractivity contribution is 1.37. The Morgan fingerprint density at radius 3 is 1.39 bits per heavy atom. The molecule has 0 aliphatic carbocycles. The van der Waals surface area contributed by atoms with Crippen LogP contribution in [0.25, 0.3) is 22.3 Å². The standard InChI is InChI=1S/C26H18N2/c1-15-3-7-23-19(11-15)21-13-17(5-9-25(21)27-23)18-6-10-26-22(14-18)20-12-16(2)4-8-24(20)28-26/h3-14H,1-2H3/b18-17+. The molecule has 2 nitrogen and oxygen atoms in total. The van der Waals surface area contributed by atoms with Gasteiger partial charge in [-0.05, 0) is 72.8 Å². The minimum atomic E-state index is 1.06. The van der Waals surface area contributed by atoms with Gasteiger partial charge in [0.15, 0.2) is 0 Å². The number of hydrogen-bond acceptors (Lipinski definition) is 2. The maximum absolute atomic E-state index is 4.77. The molecule has 2 heterocycles. The van der Waals surface area contributed by atoms with Crippen molar-refractivity contribution in [3.05, 3.63) is 105 Å². The Kier molecular flexibility index (Phi) is 3.05. The molecule has 0 amide bonds. The Morgan fingerprint density at radius 2 is 0.929 bits per heavy atom. The molecule has 0 aromatic heterocycles. The van der Waals surface area contributed by atoms with Crippen molar-refractivity contribution in [2.75, 3.05) is 0 Å². The van der Waals surface area contributed by atoms with Gasteiger partial charge in [0.2, 0.25) is 0 Å². The van der Waals surface area contributed by atoms with Crippen LogP contribution in [0.5, 0.6) is 0 Å². The van der Waals surface area contributed by atoms with E-state index in [0.717, 1.165) is 22.1 Å². The molecule has 0 unspecified atom stereocenters. The molecule has 4 aromatic carbocycles. The fraction of sp³-hybridized carbons (Fsp3) is 0.0769. The van der Waals surface area contributed by atoms with Crippen LogP contribution in [-0.2, 0) is 0 Å². The summed E-state index contributed by atoms with van der Waals surface area (Å²) in [5, 5.41) is 4.54. The summed E-state index contributed by atoms with van der Waals surface area (Å²) in [5.74, 6) is 0. The summed E-state index contributed by atoms with van der Waals surface area (Å²) in [4.78, 5) is 9.55. The van der Waals surface area contributed by atoms with E-state index in [4.69, 9.17) is 9.98 Å². The van der Waals surface area contributed by atoms with Crippen LogP contribution in [0.3, 0.4) is 0 Å². The highest BCUT2D eigenvalue weighted by Crippen LogP contribution is 2.34. The molecular weight excluding hydrogens is 340 g/mol. The van der Waals surface area contributed by atoms with Gasteiger partial charge in [-0.2, -0.15) is 0 Å². The fourth-order valence-electron chi connectivity index (χ4n) is 4.24. The van der Waals surface area contributed by atoms with E-state index in [2.05, 4.69) is 86.6 Å². The zero-order valence-electron chi connectivity index (χ0n) is 15.8. The Morgan fingerprint density at radius 1 is 0.464 bits per heavy atom. The molecule has 2 aliphatic rings. The van der Waals surface area contributed by atoms with Gasteiger partial charge in [0.25, 0.3) is 0 Å². The van der Waals surface area contributed by atoms with E-state index in [9.17, 15) is 0 Å². The highest BCUT2D eigenvalue weighted by Gasteiger charge is 2.15. The molecule has 0 atom stereocenters. The largest absolute Gasteiger partial charge is 0.248 e. The first-order chi connectivity index (χ1) is 13.7. The fourth-order valence-corrected chi connectivity index (χ4v) is 4.24. The third-order valence-electron chi connectivity index (χ3n) is 5.69. The van der Waals surface area contributed by atoms with E-state index >= 15 is 0 Å². The zero-order valence-corrected chi connectivity index (χ0v) is 15.8. The molecule has 0 N–H and O–H groups in total. The van der Waals surface area contributed by atoms with Gasteiger partial charge >= 0.3 is 0 Å². The Hall–Kier alpha value is -3.52. The molecule has 2 heteroatoms. The van der Waals surface area contributed by atoms with Crippen molar-refractivity contribution >= 4 is 11.4 Å². The predicted octanol–water partition coefficient (Wildman–Crippen LogP) is 5.45. The third-order valence-corrected chi connectivity index (χ3v) is 5.69. The lowest BCUT2D eigenvalue weighted by atomic mass is 10.0. The third kappa shape index (κ3) is 2.21. The van der Waals surface area contributed by atoms with Gasteiger partial charge in [0.1, 0.15) is 0 Å². The van der Waals surface area contributed by atoms with Crippen LogP contribution in [0, 0.1) is 24.3 Å². The first-order valence-electron chi connectivity index (χ1n) is 9.60. The van der Waals surface area contributed by atoms with Gasteiger partial charge in [0, 0.05) is 22.3 Å². The monoisotopic (exact) mass is 358 g/mol. The zero-order chi connectivity index (χ0) is 18.8. The summed E-state index contributed by atoms with van der Waals surface area (Å²) in [6, 6.07) is 26.1. The van der Waals surface area contributed by atoms with E-state index < -0.39 is 0 Å². The Bertz CT molecular complexity index is 1410. The molecule has 0 radical (unpaired) electrons. The van der Waals surface area contributed by atoms with E-state index in [0.29, 0.717) is 0 Å². The smallest absolute Gasteiger partial charge is 0.0716 e. The van der Waals surface area contributed by atoms with Crippen molar-refractivity contribution in [1.29, 1.82) is 0 Å². The normalized spacial score (nSPS) is 13.8. The number of nitrogens with zero attached hydrogens (tertiary/aromatic N) is 2. The second-order valence-electron chi connectivity index (χ2n) is 7.73. The van der Waals surface area contributed by atoms with Crippen molar-refractivity contribution in [2.45, 2.75) is 13.8 Å². The first kappa shape index (κ1) is 15.5. The maximum atomic E-state index is 4.77. The average Bonchev–Trinajstić information content (AvgIpc) is 3.24. The van der Waals surface area contributed by atoms with Gasteiger partial charge in [-0.1, -0.05) is 35.4 Å². The minimum Gasteiger partial charge on any atom is -0.248 e. The number of benzene rings is 4. The predicted molar refractivity (Wildman–Crippen MR) is 113 cm³/mol.